The Morgan fingerprint density at radius 2 is 1.93 bits per heavy atom. The second-order valence-corrected chi connectivity index (χ2v) is 7.57. The summed E-state index contributed by atoms with van der Waals surface area (Å²) in [4.78, 5) is 29.5. The first kappa shape index (κ1) is 18.0. The third-order valence-electron chi connectivity index (χ3n) is 5.14. The van der Waals surface area contributed by atoms with Crippen LogP contribution in [0.2, 0.25) is 0 Å². The lowest BCUT2D eigenvalue weighted by Crippen LogP contribution is -2.41. The maximum Gasteiger partial charge on any atom is 0.322 e. The second kappa shape index (κ2) is 8.10. The van der Waals surface area contributed by atoms with E-state index in [0.29, 0.717) is 37.6 Å². The first-order chi connectivity index (χ1) is 13.2. The molecule has 2 saturated heterocycles. The molecule has 1 N–H and O–H groups in total. The molecule has 2 fully saturated rings. The molecule has 1 unspecified atom stereocenters. The molecular weight excluding hydrogens is 362 g/mol. The fourth-order valence-electron chi connectivity index (χ4n) is 3.72. The Bertz CT molecular complexity index is 803. The van der Waals surface area contributed by atoms with Gasteiger partial charge in [0.15, 0.2) is 0 Å². The van der Waals surface area contributed by atoms with Gasteiger partial charge in [-0.25, -0.2) is 4.79 Å². The first-order valence-corrected chi connectivity index (χ1v) is 10.2. The summed E-state index contributed by atoms with van der Waals surface area (Å²) in [6.07, 6.45) is 1.96. The van der Waals surface area contributed by atoms with E-state index >= 15 is 0 Å². The topological polar surface area (TPSA) is 61.9 Å². The van der Waals surface area contributed by atoms with Gasteiger partial charge in [0, 0.05) is 19.6 Å². The van der Waals surface area contributed by atoms with E-state index in [2.05, 4.69) is 16.8 Å². The minimum absolute atomic E-state index is 0.0648. The van der Waals surface area contributed by atoms with Crippen LogP contribution in [-0.2, 0) is 4.74 Å². The molecule has 6 nitrogen and oxygen atoms in total. The van der Waals surface area contributed by atoms with Gasteiger partial charge >= 0.3 is 6.03 Å². The fourth-order valence-corrected chi connectivity index (χ4v) is 4.43. The van der Waals surface area contributed by atoms with Gasteiger partial charge in [0.2, 0.25) is 0 Å². The number of carbonyl (C=O) groups excluding carboxylic acids is 2. The molecular formula is C20H23N3O3S. The molecule has 0 aliphatic carbocycles. The van der Waals surface area contributed by atoms with Crippen LogP contribution in [0.4, 0.5) is 10.5 Å². The van der Waals surface area contributed by atoms with Gasteiger partial charge in [-0.3, -0.25) is 4.79 Å². The van der Waals surface area contributed by atoms with Gasteiger partial charge in [-0.2, -0.15) is 11.3 Å². The minimum atomic E-state index is -0.147. The Hall–Kier alpha value is -2.38. The van der Waals surface area contributed by atoms with E-state index in [4.69, 9.17) is 4.74 Å². The van der Waals surface area contributed by atoms with E-state index in [0.717, 1.165) is 19.4 Å². The third kappa shape index (κ3) is 3.84. The average molecular weight is 385 g/mol. The quantitative estimate of drug-likeness (QED) is 0.878. The van der Waals surface area contributed by atoms with Crippen molar-refractivity contribution in [1.29, 1.82) is 0 Å². The number of morpholine rings is 1. The van der Waals surface area contributed by atoms with Crippen LogP contribution in [0.15, 0.2) is 41.1 Å². The lowest BCUT2D eigenvalue weighted by molar-refractivity contribution is 0.0303. The molecule has 27 heavy (non-hydrogen) atoms. The van der Waals surface area contributed by atoms with Crippen molar-refractivity contribution >= 4 is 29.0 Å². The Balaban J connectivity index is 1.51. The molecule has 1 aromatic carbocycles. The molecule has 0 saturated carbocycles. The van der Waals surface area contributed by atoms with Gasteiger partial charge in [0.1, 0.15) is 0 Å². The van der Waals surface area contributed by atoms with Crippen LogP contribution in [-0.4, -0.2) is 54.6 Å². The summed E-state index contributed by atoms with van der Waals surface area (Å²) in [6.45, 7) is 2.99. The summed E-state index contributed by atoms with van der Waals surface area (Å²) in [7, 11) is 0. The lowest BCUT2D eigenvalue weighted by atomic mass is 10.1. The van der Waals surface area contributed by atoms with Crippen molar-refractivity contribution < 1.29 is 14.3 Å². The van der Waals surface area contributed by atoms with Crippen LogP contribution in [0.1, 0.15) is 34.8 Å². The zero-order valence-corrected chi connectivity index (χ0v) is 15.9. The summed E-state index contributed by atoms with van der Waals surface area (Å²) >= 11 is 1.65. The van der Waals surface area contributed by atoms with E-state index in [1.165, 1.54) is 5.56 Å². The first-order valence-electron chi connectivity index (χ1n) is 9.30. The number of carbonyl (C=O) groups is 2. The molecule has 4 rings (SSSR count). The number of anilines is 1. The molecule has 1 aromatic heterocycles. The minimum Gasteiger partial charge on any atom is -0.378 e. The van der Waals surface area contributed by atoms with Crippen molar-refractivity contribution in [3.63, 3.8) is 0 Å². The number of rotatable bonds is 3. The molecule has 3 heterocycles. The molecule has 0 radical (unpaired) electrons. The predicted octanol–water partition coefficient (Wildman–Crippen LogP) is 3.59. The molecule has 2 aliphatic heterocycles. The highest BCUT2D eigenvalue weighted by atomic mass is 32.1. The highest BCUT2D eigenvalue weighted by Gasteiger charge is 2.31. The van der Waals surface area contributed by atoms with Crippen molar-refractivity contribution in [3.05, 3.63) is 52.2 Å². The summed E-state index contributed by atoms with van der Waals surface area (Å²) in [6, 6.07) is 9.27. The smallest absolute Gasteiger partial charge is 0.322 e. The van der Waals surface area contributed by atoms with Gasteiger partial charge in [0.25, 0.3) is 5.91 Å². The Labute approximate surface area is 162 Å². The average Bonchev–Trinajstić information content (AvgIpc) is 3.40. The van der Waals surface area contributed by atoms with Crippen LogP contribution in [0, 0.1) is 0 Å². The number of urea groups is 1. The normalized spacial score (nSPS) is 19.9. The maximum atomic E-state index is 12.9. The summed E-state index contributed by atoms with van der Waals surface area (Å²) in [5.41, 5.74) is 2.28. The molecule has 1 atom stereocenters. The zero-order valence-electron chi connectivity index (χ0n) is 15.1. The van der Waals surface area contributed by atoms with Crippen molar-refractivity contribution in [1.82, 2.24) is 9.80 Å². The van der Waals surface area contributed by atoms with E-state index in [9.17, 15) is 9.59 Å². The number of amides is 3. The number of hydrogen-bond acceptors (Lipinski definition) is 4. The highest BCUT2D eigenvalue weighted by Crippen LogP contribution is 2.33. The Morgan fingerprint density at radius 1 is 1.11 bits per heavy atom. The van der Waals surface area contributed by atoms with Crippen molar-refractivity contribution in [2.75, 3.05) is 38.2 Å². The standard InChI is InChI=1S/C20H23N3O3S/c24-19(22-9-11-26-12-10-22)16-4-1-2-5-17(16)21-20(25)23-8-3-6-18(23)15-7-13-27-14-15/h1-2,4-5,7,13-14,18H,3,6,8-12H2,(H,21,25). The summed E-state index contributed by atoms with van der Waals surface area (Å²) in [5.74, 6) is -0.0648. The number of hydrogen-bond donors (Lipinski definition) is 1. The van der Waals surface area contributed by atoms with Crippen LogP contribution >= 0.6 is 11.3 Å². The van der Waals surface area contributed by atoms with E-state index in [1.54, 1.807) is 28.4 Å². The van der Waals surface area contributed by atoms with E-state index in [1.807, 2.05) is 22.4 Å². The van der Waals surface area contributed by atoms with E-state index in [-0.39, 0.29) is 18.0 Å². The number of nitrogens with one attached hydrogen (secondary N) is 1. The van der Waals surface area contributed by atoms with Crippen LogP contribution in [0.3, 0.4) is 0 Å². The summed E-state index contributed by atoms with van der Waals surface area (Å²) in [5, 5.41) is 7.12. The number of para-hydroxylation sites is 1. The van der Waals surface area contributed by atoms with Gasteiger partial charge in [-0.15, -0.1) is 0 Å². The fraction of sp³-hybridized carbons (Fsp3) is 0.400. The molecule has 2 aliphatic rings. The van der Waals surface area contributed by atoms with Gasteiger partial charge in [0.05, 0.1) is 30.5 Å². The van der Waals surface area contributed by atoms with Crippen LogP contribution in [0.25, 0.3) is 0 Å². The van der Waals surface area contributed by atoms with E-state index < -0.39 is 0 Å². The molecule has 142 valence electrons. The largest absolute Gasteiger partial charge is 0.378 e. The molecule has 3 amide bonds. The van der Waals surface area contributed by atoms with Crippen LogP contribution in [0.5, 0.6) is 0 Å². The number of benzene rings is 1. The molecule has 0 bridgehead atoms. The number of nitrogens with zero attached hydrogens (tertiary/aromatic N) is 2. The van der Waals surface area contributed by atoms with Crippen molar-refractivity contribution in [3.8, 4) is 0 Å². The number of likely N-dealkylation sites (tertiary alicyclic amines) is 1. The van der Waals surface area contributed by atoms with Crippen molar-refractivity contribution in [2.24, 2.45) is 0 Å². The second-order valence-electron chi connectivity index (χ2n) is 6.79. The monoisotopic (exact) mass is 385 g/mol. The van der Waals surface area contributed by atoms with Gasteiger partial charge in [-0.05, 0) is 47.4 Å². The molecule has 7 heteroatoms. The molecule has 2 aromatic rings. The van der Waals surface area contributed by atoms with Gasteiger partial charge < -0.3 is 19.9 Å². The zero-order chi connectivity index (χ0) is 18.6. The highest BCUT2D eigenvalue weighted by molar-refractivity contribution is 7.08. The number of ether oxygens (including phenoxy) is 1. The lowest BCUT2D eigenvalue weighted by Gasteiger charge is -2.28. The predicted molar refractivity (Wildman–Crippen MR) is 105 cm³/mol. The Morgan fingerprint density at radius 3 is 2.70 bits per heavy atom. The SMILES string of the molecule is O=C(c1ccccc1NC(=O)N1CCCC1c1ccsc1)N1CCOCC1. The third-order valence-corrected chi connectivity index (χ3v) is 5.84. The summed E-state index contributed by atoms with van der Waals surface area (Å²) < 4.78 is 5.33. The maximum absolute atomic E-state index is 12.9. The van der Waals surface area contributed by atoms with Crippen LogP contribution < -0.4 is 5.32 Å². The number of thiophene rings is 1. The molecule has 0 spiro atoms. The van der Waals surface area contributed by atoms with Crippen molar-refractivity contribution in [2.45, 2.75) is 18.9 Å². The Kier molecular flexibility index (Phi) is 5.40. The van der Waals surface area contributed by atoms with Gasteiger partial charge in [-0.1, -0.05) is 12.1 Å².